The fourth-order valence-corrected chi connectivity index (χ4v) is 12.0. The molecule has 9 heteroatoms. The summed E-state index contributed by atoms with van der Waals surface area (Å²) in [5, 5.41) is 12.6. The number of carbonyl (C=O) groups is 3. The molecule has 5 aliphatic rings. The number of nitrogens with zero attached hydrogens (tertiary/aromatic N) is 1. The van der Waals surface area contributed by atoms with Gasteiger partial charge in [0, 0.05) is 46.5 Å². The molecule has 11 atom stereocenters. The van der Waals surface area contributed by atoms with E-state index in [1.807, 2.05) is 36.1 Å². The second-order valence-electron chi connectivity index (χ2n) is 15.7. The predicted octanol–water partition coefficient (Wildman–Crippen LogP) is 6.22. The molecule has 1 aliphatic heterocycles. The van der Waals surface area contributed by atoms with E-state index in [-0.39, 0.29) is 46.6 Å². The minimum Gasteiger partial charge on any atom is -0.461 e. The van der Waals surface area contributed by atoms with Crippen molar-refractivity contribution in [3.63, 3.8) is 0 Å². The zero-order chi connectivity index (χ0) is 33.2. The molecule has 4 saturated carbocycles. The number of ether oxygens (including phenoxy) is 1. The van der Waals surface area contributed by atoms with Gasteiger partial charge in [0.05, 0.1) is 11.9 Å². The van der Waals surface area contributed by atoms with Crippen molar-refractivity contribution in [3.05, 3.63) is 47.5 Å². The van der Waals surface area contributed by atoms with Crippen LogP contribution in [0.3, 0.4) is 0 Å². The molecular weight excluding hydrogens is 620 g/mol. The van der Waals surface area contributed by atoms with Crippen molar-refractivity contribution in [2.75, 3.05) is 18.8 Å². The summed E-state index contributed by atoms with van der Waals surface area (Å²) < 4.78 is 6.45. The third-order valence-electron chi connectivity index (χ3n) is 13.5. The standard InChI is InChI=1S/C37H51ClN2O5S/c1-6-35(4)17-29(36(5)21(2)11-13-37(22(3)33(35)43)14-12-28(41)32(36)37)45-30(42)20-46-25-15-23-18-40(19-24(23)16-25)34(44)31(39)26-9-7-8-10-27(26)38/h6-10,21-25,29,31-33,43H,1,11-20,39H2,2-5H3/t21-,22+,23?,24?,25?,29-,31-,32+,33+,35-,36+,37+/m1/s1. The van der Waals surface area contributed by atoms with Gasteiger partial charge in [0.1, 0.15) is 17.9 Å². The van der Waals surface area contributed by atoms with E-state index in [2.05, 4.69) is 27.4 Å². The van der Waals surface area contributed by atoms with Crippen LogP contribution in [0.1, 0.15) is 84.2 Å². The van der Waals surface area contributed by atoms with Gasteiger partial charge >= 0.3 is 5.97 Å². The number of fused-ring (bicyclic) bond motifs is 1. The number of rotatable bonds is 7. The lowest BCUT2D eigenvalue weighted by molar-refractivity contribution is -0.205. The Kier molecular flexibility index (Phi) is 9.27. The van der Waals surface area contributed by atoms with Gasteiger partial charge in [-0.3, -0.25) is 14.4 Å². The first-order chi connectivity index (χ1) is 21.7. The van der Waals surface area contributed by atoms with Gasteiger partial charge in [-0.05, 0) is 79.2 Å². The minimum absolute atomic E-state index is 0.0501. The van der Waals surface area contributed by atoms with Gasteiger partial charge in [0.25, 0.3) is 0 Å². The Morgan fingerprint density at radius 1 is 1.20 bits per heavy atom. The summed E-state index contributed by atoms with van der Waals surface area (Å²) in [5.74, 6) is 0.895. The molecule has 3 N–H and O–H groups in total. The Morgan fingerprint density at radius 2 is 1.87 bits per heavy atom. The Morgan fingerprint density at radius 3 is 2.52 bits per heavy atom. The number of amides is 1. The maximum atomic E-state index is 13.6. The molecule has 6 rings (SSSR count). The van der Waals surface area contributed by atoms with E-state index in [1.165, 1.54) is 0 Å². The molecule has 7 nitrogen and oxygen atoms in total. The van der Waals surface area contributed by atoms with Crippen LogP contribution >= 0.6 is 23.4 Å². The quantitative estimate of drug-likeness (QED) is 0.262. The van der Waals surface area contributed by atoms with Gasteiger partial charge in [-0.15, -0.1) is 18.3 Å². The van der Waals surface area contributed by atoms with Crippen molar-refractivity contribution in [3.8, 4) is 0 Å². The number of aliphatic hydroxyl groups excluding tert-OH is 1. The number of nitrogens with two attached hydrogens (primary N) is 1. The summed E-state index contributed by atoms with van der Waals surface area (Å²) in [5.41, 5.74) is 5.56. The van der Waals surface area contributed by atoms with E-state index >= 15 is 0 Å². The highest BCUT2D eigenvalue weighted by atomic mass is 35.5. The van der Waals surface area contributed by atoms with Crippen molar-refractivity contribution in [2.24, 2.45) is 51.6 Å². The van der Waals surface area contributed by atoms with Crippen LogP contribution in [0, 0.1) is 45.8 Å². The lowest BCUT2D eigenvalue weighted by Crippen LogP contribution is -2.63. The van der Waals surface area contributed by atoms with Crippen LogP contribution in [0.15, 0.2) is 36.9 Å². The topological polar surface area (TPSA) is 110 Å². The molecule has 1 aromatic carbocycles. The number of hydrogen-bond acceptors (Lipinski definition) is 7. The summed E-state index contributed by atoms with van der Waals surface area (Å²) in [6, 6.07) is 6.46. The average molecular weight is 671 g/mol. The summed E-state index contributed by atoms with van der Waals surface area (Å²) in [4.78, 5) is 42.4. The molecular formula is C37H51ClN2O5S. The molecule has 0 aromatic heterocycles. The normalized spacial score (nSPS) is 42.5. The van der Waals surface area contributed by atoms with Crippen molar-refractivity contribution in [2.45, 2.75) is 96.1 Å². The van der Waals surface area contributed by atoms with Gasteiger partial charge < -0.3 is 20.5 Å². The van der Waals surface area contributed by atoms with E-state index in [1.54, 1.807) is 17.8 Å². The van der Waals surface area contributed by atoms with Crippen molar-refractivity contribution in [1.82, 2.24) is 4.90 Å². The molecule has 252 valence electrons. The molecule has 1 heterocycles. The van der Waals surface area contributed by atoms with E-state index < -0.39 is 29.1 Å². The highest BCUT2D eigenvalue weighted by Gasteiger charge is 2.68. The molecule has 1 saturated heterocycles. The van der Waals surface area contributed by atoms with Gasteiger partial charge in [-0.2, -0.15) is 0 Å². The van der Waals surface area contributed by atoms with E-state index in [9.17, 15) is 19.5 Å². The van der Waals surface area contributed by atoms with Crippen LogP contribution < -0.4 is 5.73 Å². The van der Waals surface area contributed by atoms with E-state index in [4.69, 9.17) is 22.1 Å². The maximum absolute atomic E-state index is 13.6. The van der Waals surface area contributed by atoms with Crippen LogP contribution in [0.5, 0.6) is 0 Å². The second-order valence-corrected chi connectivity index (χ2v) is 17.4. The zero-order valence-corrected chi connectivity index (χ0v) is 29.3. The Balaban J connectivity index is 1.10. The van der Waals surface area contributed by atoms with Gasteiger partial charge in [0.2, 0.25) is 5.91 Å². The summed E-state index contributed by atoms with van der Waals surface area (Å²) in [6.45, 7) is 14.0. The number of ketones is 1. The van der Waals surface area contributed by atoms with E-state index in [0.29, 0.717) is 53.6 Å². The first-order valence-corrected chi connectivity index (χ1v) is 18.6. The number of aliphatic hydroxyl groups is 1. The largest absolute Gasteiger partial charge is 0.461 e. The molecule has 5 fully saturated rings. The average Bonchev–Trinajstić information content (AvgIpc) is 3.72. The molecule has 0 spiro atoms. The molecule has 0 radical (unpaired) electrons. The Labute approximate surface area is 283 Å². The number of carbonyl (C=O) groups excluding carboxylic acids is 3. The van der Waals surface area contributed by atoms with Crippen molar-refractivity contribution < 1.29 is 24.2 Å². The lowest BCUT2D eigenvalue weighted by atomic mass is 9.44. The molecule has 1 aromatic rings. The maximum Gasteiger partial charge on any atom is 0.316 e. The number of benzene rings is 1. The number of esters is 1. The van der Waals surface area contributed by atoms with Crippen molar-refractivity contribution in [1.29, 1.82) is 0 Å². The van der Waals surface area contributed by atoms with Crippen LogP contribution in [-0.2, 0) is 19.1 Å². The number of Topliss-reactive ketones (excluding diaryl/α,β-unsaturated/α-hetero) is 1. The summed E-state index contributed by atoms with van der Waals surface area (Å²) >= 11 is 7.96. The van der Waals surface area contributed by atoms with Crippen LogP contribution in [0.4, 0.5) is 0 Å². The Hall–Kier alpha value is -1.87. The summed E-state index contributed by atoms with van der Waals surface area (Å²) in [6.07, 6.45) is 6.23. The zero-order valence-electron chi connectivity index (χ0n) is 27.8. The molecule has 1 amide bonds. The molecule has 2 bridgehead atoms. The Bertz CT molecular complexity index is 1380. The fourth-order valence-electron chi connectivity index (χ4n) is 10.5. The first-order valence-electron chi connectivity index (χ1n) is 17.2. The second kappa shape index (κ2) is 12.5. The van der Waals surface area contributed by atoms with Crippen LogP contribution in [-0.4, -0.2) is 64.0 Å². The minimum atomic E-state index is -0.772. The predicted molar refractivity (Wildman–Crippen MR) is 182 cm³/mol. The smallest absolute Gasteiger partial charge is 0.316 e. The van der Waals surface area contributed by atoms with E-state index in [0.717, 1.165) is 32.1 Å². The third-order valence-corrected chi connectivity index (χ3v) is 15.1. The third kappa shape index (κ3) is 5.47. The highest BCUT2D eigenvalue weighted by molar-refractivity contribution is 8.00. The molecule has 2 unspecified atom stereocenters. The van der Waals surface area contributed by atoms with Gasteiger partial charge in [0.15, 0.2) is 0 Å². The molecule has 46 heavy (non-hydrogen) atoms. The van der Waals surface area contributed by atoms with Crippen LogP contribution in [0.25, 0.3) is 0 Å². The number of halogens is 1. The fraction of sp³-hybridized carbons (Fsp3) is 0.703. The van der Waals surface area contributed by atoms with Crippen molar-refractivity contribution >= 4 is 41.0 Å². The summed E-state index contributed by atoms with van der Waals surface area (Å²) in [7, 11) is 0. The molecule has 4 aliphatic carbocycles. The highest BCUT2D eigenvalue weighted by Crippen LogP contribution is 2.68. The number of likely N-dealkylation sites (tertiary alicyclic amines) is 1. The van der Waals surface area contributed by atoms with Gasteiger partial charge in [-0.1, -0.05) is 63.6 Å². The monoisotopic (exact) mass is 670 g/mol. The van der Waals surface area contributed by atoms with Crippen LogP contribution in [0.2, 0.25) is 5.02 Å². The number of hydrogen-bond donors (Lipinski definition) is 2. The first kappa shape index (κ1) is 34.0. The lowest BCUT2D eigenvalue weighted by Gasteiger charge is -2.61. The SMILES string of the molecule is C=C[C@]1(C)C[C@@H](OC(=O)CSC2CC3CN(C(=O)[C@H](N)c4ccccc4Cl)CC3C2)[C@]2(C)[C@H](C)CC[C@]3(CCC(=O)[C@H]32)[C@@H](C)[C@@H]1O. The number of thioether (sulfide) groups is 1. The van der Waals surface area contributed by atoms with Gasteiger partial charge in [-0.25, -0.2) is 0 Å².